The summed E-state index contributed by atoms with van der Waals surface area (Å²) in [6.45, 7) is 8.41. The molecule has 0 rings (SSSR count). The lowest BCUT2D eigenvalue weighted by Crippen LogP contribution is -2.46. The van der Waals surface area contributed by atoms with Gasteiger partial charge in [0, 0.05) is 5.54 Å². The molecule has 0 unspecified atom stereocenters. The quantitative estimate of drug-likeness (QED) is 0.733. The molecule has 0 aromatic heterocycles. The Hall–Kier alpha value is -0.620. The fourth-order valence-electron chi connectivity index (χ4n) is 0.795. The van der Waals surface area contributed by atoms with Gasteiger partial charge >= 0.3 is 0 Å². The Morgan fingerprint density at radius 2 is 1.73 bits per heavy atom. The maximum absolute atomic E-state index is 11.3. The van der Waals surface area contributed by atoms with E-state index in [2.05, 4.69) is 10.0 Å². The zero-order chi connectivity index (χ0) is 12.3. The van der Waals surface area contributed by atoms with Gasteiger partial charge in [-0.3, -0.25) is 4.79 Å². The summed E-state index contributed by atoms with van der Waals surface area (Å²) < 4.78 is 24.9. The molecule has 0 fully saturated rings. The average Bonchev–Trinajstić information content (AvgIpc) is 1.97. The molecule has 0 aliphatic rings. The van der Waals surface area contributed by atoms with Crippen molar-refractivity contribution in [2.75, 3.05) is 6.54 Å². The highest BCUT2D eigenvalue weighted by molar-refractivity contribution is 7.90. The zero-order valence-electron chi connectivity index (χ0n) is 9.92. The predicted molar refractivity (Wildman–Crippen MR) is 60.0 cm³/mol. The molecule has 0 atom stereocenters. The van der Waals surface area contributed by atoms with E-state index in [1.165, 1.54) is 0 Å². The van der Waals surface area contributed by atoms with Gasteiger partial charge in [0.2, 0.25) is 15.9 Å². The lowest BCUT2D eigenvalue weighted by Gasteiger charge is -2.20. The Morgan fingerprint density at radius 1 is 1.27 bits per heavy atom. The molecule has 0 saturated heterocycles. The van der Waals surface area contributed by atoms with Gasteiger partial charge in [0.15, 0.2) is 0 Å². The molecular formula is C9H20N2O3S. The van der Waals surface area contributed by atoms with E-state index in [1.54, 1.807) is 13.8 Å². The Morgan fingerprint density at radius 3 is 2.07 bits per heavy atom. The first kappa shape index (κ1) is 14.4. The van der Waals surface area contributed by atoms with Crippen molar-refractivity contribution in [2.45, 2.75) is 45.4 Å². The summed E-state index contributed by atoms with van der Waals surface area (Å²) in [5.74, 6) is -0.327. The van der Waals surface area contributed by atoms with E-state index in [-0.39, 0.29) is 18.0 Å². The summed E-state index contributed by atoms with van der Waals surface area (Å²) in [4.78, 5) is 11.3. The number of hydrogen-bond donors (Lipinski definition) is 2. The van der Waals surface area contributed by atoms with Crippen LogP contribution in [-0.4, -0.2) is 31.7 Å². The second kappa shape index (κ2) is 4.94. The second-order valence-electron chi connectivity index (χ2n) is 4.71. The molecule has 0 aliphatic carbocycles. The number of carbonyl (C=O) groups is 1. The van der Waals surface area contributed by atoms with Gasteiger partial charge < -0.3 is 5.32 Å². The monoisotopic (exact) mass is 236 g/mol. The molecule has 2 N–H and O–H groups in total. The summed E-state index contributed by atoms with van der Waals surface area (Å²) in [6.07, 6.45) is 0. The van der Waals surface area contributed by atoms with E-state index in [4.69, 9.17) is 0 Å². The summed E-state index contributed by atoms with van der Waals surface area (Å²) in [6, 6.07) is 0. The van der Waals surface area contributed by atoms with Gasteiger partial charge in [-0.05, 0) is 34.6 Å². The van der Waals surface area contributed by atoms with Crippen LogP contribution in [-0.2, 0) is 14.8 Å². The summed E-state index contributed by atoms with van der Waals surface area (Å²) >= 11 is 0. The predicted octanol–water partition coefficient (Wildman–Crippen LogP) is 0.229. The second-order valence-corrected chi connectivity index (χ2v) is 7.03. The fourth-order valence-corrected chi connectivity index (χ4v) is 1.46. The number of carbonyl (C=O) groups excluding carboxylic acids is 1. The molecule has 6 heteroatoms. The number of hydrogen-bond acceptors (Lipinski definition) is 3. The smallest absolute Gasteiger partial charge is 0.235 e. The van der Waals surface area contributed by atoms with E-state index in [9.17, 15) is 13.2 Å². The van der Waals surface area contributed by atoms with Crippen LogP contribution in [0.4, 0.5) is 0 Å². The summed E-state index contributed by atoms with van der Waals surface area (Å²) in [5.41, 5.74) is -0.347. The van der Waals surface area contributed by atoms with E-state index in [1.807, 2.05) is 20.8 Å². The van der Waals surface area contributed by atoms with Gasteiger partial charge in [-0.2, -0.15) is 0 Å². The highest BCUT2D eigenvalue weighted by Crippen LogP contribution is 1.98. The molecule has 0 spiro atoms. The van der Waals surface area contributed by atoms with Gasteiger partial charge in [-0.15, -0.1) is 0 Å². The third-order valence-corrected chi connectivity index (χ3v) is 3.36. The molecule has 0 heterocycles. The van der Waals surface area contributed by atoms with Crippen LogP contribution in [0.1, 0.15) is 34.6 Å². The van der Waals surface area contributed by atoms with E-state index < -0.39 is 15.3 Å². The highest BCUT2D eigenvalue weighted by Gasteiger charge is 2.18. The first-order valence-electron chi connectivity index (χ1n) is 4.84. The molecule has 0 aromatic rings. The Bertz CT molecular complexity index is 315. The summed E-state index contributed by atoms with van der Waals surface area (Å²) in [5, 5.41) is 2.14. The van der Waals surface area contributed by atoms with Gasteiger partial charge in [-0.25, -0.2) is 13.1 Å². The van der Waals surface area contributed by atoms with Crippen molar-refractivity contribution in [1.82, 2.24) is 10.0 Å². The van der Waals surface area contributed by atoms with Gasteiger partial charge in [0.1, 0.15) is 0 Å². The normalized spacial score (nSPS) is 12.9. The third kappa shape index (κ3) is 6.46. The van der Waals surface area contributed by atoms with Gasteiger partial charge in [0.25, 0.3) is 0 Å². The van der Waals surface area contributed by atoms with Crippen LogP contribution in [0.2, 0.25) is 0 Å². The first-order chi connectivity index (χ1) is 6.54. The molecule has 0 saturated carbocycles. The average molecular weight is 236 g/mol. The minimum Gasteiger partial charge on any atom is -0.350 e. The molecule has 90 valence electrons. The molecule has 0 radical (unpaired) electrons. The number of rotatable bonds is 4. The fraction of sp³-hybridized carbons (Fsp3) is 0.889. The molecular weight excluding hydrogens is 216 g/mol. The Labute approximate surface area is 91.7 Å². The van der Waals surface area contributed by atoms with Crippen molar-refractivity contribution < 1.29 is 13.2 Å². The Balaban J connectivity index is 4.14. The number of sulfonamides is 1. The minimum atomic E-state index is -3.36. The zero-order valence-corrected chi connectivity index (χ0v) is 10.7. The van der Waals surface area contributed by atoms with Crippen LogP contribution in [0.3, 0.4) is 0 Å². The maximum atomic E-state index is 11.3. The van der Waals surface area contributed by atoms with Crippen molar-refractivity contribution in [3.05, 3.63) is 0 Å². The summed E-state index contributed by atoms with van der Waals surface area (Å²) in [7, 11) is -3.36. The SMILES string of the molecule is CC(C)S(=O)(=O)NCC(=O)NC(C)(C)C. The standard InChI is InChI=1S/C9H20N2O3S/c1-7(2)15(13,14)10-6-8(12)11-9(3,4)5/h7,10H,6H2,1-5H3,(H,11,12). The van der Waals surface area contributed by atoms with Crippen molar-refractivity contribution in [2.24, 2.45) is 0 Å². The van der Waals surface area contributed by atoms with Crippen LogP contribution in [0, 0.1) is 0 Å². The van der Waals surface area contributed by atoms with E-state index >= 15 is 0 Å². The number of amides is 1. The Kier molecular flexibility index (Phi) is 4.73. The molecule has 0 aromatic carbocycles. The van der Waals surface area contributed by atoms with E-state index in [0.29, 0.717) is 0 Å². The van der Waals surface area contributed by atoms with Crippen molar-refractivity contribution in [1.29, 1.82) is 0 Å². The molecule has 15 heavy (non-hydrogen) atoms. The van der Waals surface area contributed by atoms with Crippen LogP contribution in [0.25, 0.3) is 0 Å². The lowest BCUT2D eigenvalue weighted by molar-refractivity contribution is -0.121. The number of nitrogens with one attached hydrogen (secondary N) is 2. The first-order valence-corrected chi connectivity index (χ1v) is 6.39. The van der Waals surface area contributed by atoms with Gasteiger partial charge in [-0.1, -0.05) is 0 Å². The van der Waals surface area contributed by atoms with Crippen LogP contribution in [0.5, 0.6) is 0 Å². The topological polar surface area (TPSA) is 75.3 Å². The van der Waals surface area contributed by atoms with Crippen LogP contribution < -0.4 is 10.0 Å². The maximum Gasteiger partial charge on any atom is 0.235 e. The molecule has 0 bridgehead atoms. The van der Waals surface area contributed by atoms with Crippen molar-refractivity contribution >= 4 is 15.9 Å². The van der Waals surface area contributed by atoms with Crippen LogP contribution in [0.15, 0.2) is 0 Å². The lowest BCUT2D eigenvalue weighted by atomic mass is 10.1. The van der Waals surface area contributed by atoms with E-state index in [0.717, 1.165) is 0 Å². The third-order valence-electron chi connectivity index (χ3n) is 1.57. The molecule has 1 amide bonds. The van der Waals surface area contributed by atoms with Crippen LogP contribution >= 0.6 is 0 Å². The minimum absolute atomic E-state index is 0.211. The van der Waals surface area contributed by atoms with Crippen molar-refractivity contribution in [3.63, 3.8) is 0 Å². The molecule has 0 aliphatic heterocycles. The molecule has 5 nitrogen and oxygen atoms in total. The largest absolute Gasteiger partial charge is 0.350 e. The van der Waals surface area contributed by atoms with Crippen molar-refractivity contribution in [3.8, 4) is 0 Å². The highest BCUT2D eigenvalue weighted by atomic mass is 32.2. The van der Waals surface area contributed by atoms with Gasteiger partial charge in [0.05, 0.1) is 11.8 Å².